The molecule has 2 aromatic heterocycles. The standard InChI is InChI=1S/C35H40N8O3/c1-40(2)34(46)26-8-4-25(5-9-26)23-41-18-19-42-29(12-13-31(42)35(41)14-3-15-35)33(45)37-20-24-6-10-27(11-7-24)39-32(44)28-21-38-43-17-16-36-22-30(28)43/h4-13,21,36H,3,14-20,22-23H2,1-2H3,(H,37,45)(H,39,44). The van der Waals surface area contributed by atoms with E-state index in [2.05, 4.69) is 48.7 Å². The Kier molecular flexibility index (Phi) is 7.95. The monoisotopic (exact) mass is 620 g/mol. The Morgan fingerprint density at radius 2 is 1.67 bits per heavy atom. The fraction of sp³-hybridized carbons (Fsp3) is 0.371. The minimum Gasteiger partial charge on any atom is -0.347 e. The highest BCUT2D eigenvalue weighted by molar-refractivity contribution is 6.05. The Balaban J connectivity index is 0.973. The molecular weight excluding hydrogens is 580 g/mol. The van der Waals surface area contributed by atoms with Gasteiger partial charge in [-0.25, -0.2) is 0 Å². The Bertz CT molecular complexity index is 1770. The van der Waals surface area contributed by atoms with Crippen LogP contribution in [-0.4, -0.2) is 69.1 Å². The fourth-order valence-corrected chi connectivity index (χ4v) is 7.00. The minimum absolute atomic E-state index is 0.00618. The molecule has 1 saturated carbocycles. The van der Waals surface area contributed by atoms with Crippen LogP contribution in [-0.2, 0) is 38.3 Å². The smallest absolute Gasteiger partial charge is 0.268 e. The van der Waals surface area contributed by atoms with Gasteiger partial charge in [-0.15, -0.1) is 0 Å². The molecule has 4 heterocycles. The highest BCUT2D eigenvalue weighted by atomic mass is 16.2. The van der Waals surface area contributed by atoms with Crippen molar-refractivity contribution in [1.82, 2.24) is 34.8 Å². The first kappa shape index (κ1) is 29.9. The summed E-state index contributed by atoms with van der Waals surface area (Å²) >= 11 is 0. The molecule has 7 rings (SSSR count). The molecule has 0 saturated heterocycles. The van der Waals surface area contributed by atoms with Crippen LogP contribution in [0.25, 0.3) is 0 Å². The number of anilines is 1. The molecule has 1 spiro atoms. The minimum atomic E-state index is -0.179. The van der Waals surface area contributed by atoms with E-state index in [1.54, 1.807) is 25.2 Å². The van der Waals surface area contributed by atoms with E-state index in [0.717, 1.165) is 63.2 Å². The molecule has 1 fully saturated rings. The number of carbonyl (C=O) groups excluding carboxylic acids is 3. The van der Waals surface area contributed by atoms with Crippen molar-refractivity contribution >= 4 is 23.4 Å². The number of rotatable bonds is 8. The van der Waals surface area contributed by atoms with Crippen molar-refractivity contribution in [3.8, 4) is 0 Å². The molecule has 3 aliphatic rings. The van der Waals surface area contributed by atoms with Gasteiger partial charge in [-0.05, 0) is 66.8 Å². The Morgan fingerprint density at radius 3 is 2.39 bits per heavy atom. The van der Waals surface area contributed by atoms with Crippen LogP contribution in [0.1, 0.15) is 73.0 Å². The molecule has 1 aliphatic carbocycles. The van der Waals surface area contributed by atoms with E-state index in [9.17, 15) is 14.4 Å². The topological polar surface area (TPSA) is 117 Å². The van der Waals surface area contributed by atoms with Gasteiger partial charge in [0.05, 0.1) is 29.5 Å². The number of fused-ring (bicyclic) bond motifs is 3. The van der Waals surface area contributed by atoms with Crippen molar-refractivity contribution in [2.24, 2.45) is 0 Å². The van der Waals surface area contributed by atoms with Gasteiger partial charge in [0.15, 0.2) is 0 Å². The maximum Gasteiger partial charge on any atom is 0.268 e. The van der Waals surface area contributed by atoms with Crippen molar-refractivity contribution in [2.45, 2.75) is 57.5 Å². The van der Waals surface area contributed by atoms with Crippen molar-refractivity contribution in [3.63, 3.8) is 0 Å². The van der Waals surface area contributed by atoms with E-state index in [1.807, 2.05) is 47.1 Å². The predicted molar refractivity (Wildman–Crippen MR) is 174 cm³/mol. The number of amides is 3. The number of hydrogen-bond acceptors (Lipinski definition) is 6. The van der Waals surface area contributed by atoms with Crippen LogP contribution in [0.15, 0.2) is 66.9 Å². The lowest BCUT2D eigenvalue weighted by atomic mass is 9.71. The molecule has 0 bridgehead atoms. The zero-order valence-electron chi connectivity index (χ0n) is 26.4. The molecule has 0 unspecified atom stereocenters. The summed E-state index contributed by atoms with van der Waals surface area (Å²) in [6.45, 7) is 5.02. The Labute approximate surface area is 268 Å². The van der Waals surface area contributed by atoms with Crippen LogP contribution in [0.4, 0.5) is 5.69 Å². The molecule has 0 radical (unpaired) electrons. The predicted octanol–water partition coefficient (Wildman–Crippen LogP) is 3.57. The Morgan fingerprint density at radius 1 is 0.913 bits per heavy atom. The first-order valence-electron chi connectivity index (χ1n) is 16.0. The largest absolute Gasteiger partial charge is 0.347 e. The van der Waals surface area contributed by atoms with Crippen molar-refractivity contribution in [3.05, 3.63) is 106 Å². The highest BCUT2D eigenvalue weighted by Gasteiger charge is 2.48. The molecule has 3 N–H and O–H groups in total. The van der Waals surface area contributed by atoms with E-state index in [1.165, 1.54) is 11.3 Å². The van der Waals surface area contributed by atoms with Crippen LogP contribution < -0.4 is 16.0 Å². The summed E-state index contributed by atoms with van der Waals surface area (Å²) in [5.41, 5.74) is 6.83. The molecule has 3 amide bonds. The molecule has 4 aromatic rings. The second kappa shape index (κ2) is 12.2. The van der Waals surface area contributed by atoms with Gasteiger partial charge in [-0.1, -0.05) is 24.3 Å². The van der Waals surface area contributed by atoms with Gasteiger partial charge in [0.25, 0.3) is 17.7 Å². The average Bonchev–Trinajstić information content (AvgIpc) is 3.68. The van der Waals surface area contributed by atoms with E-state index in [4.69, 9.17) is 0 Å². The lowest BCUT2D eigenvalue weighted by molar-refractivity contribution is -0.0217. The van der Waals surface area contributed by atoms with Gasteiger partial charge in [-0.2, -0.15) is 5.10 Å². The lowest BCUT2D eigenvalue weighted by Crippen LogP contribution is -2.56. The third kappa shape index (κ3) is 5.50. The van der Waals surface area contributed by atoms with Crippen molar-refractivity contribution < 1.29 is 14.4 Å². The third-order valence-electron chi connectivity index (χ3n) is 9.70. The van der Waals surface area contributed by atoms with Gasteiger partial charge in [0.1, 0.15) is 5.69 Å². The quantitative estimate of drug-likeness (QED) is 0.278. The number of nitrogens with one attached hydrogen (secondary N) is 3. The number of benzene rings is 2. The van der Waals surface area contributed by atoms with Gasteiger partial charge in [0, 0.05) is 70.3 Å². The summed E-state index contributed by atoms with van der Waals surface area (Å²) in [5.74, 6) is -0.264. The van der Waals surface area contributed by atoms with Gasteiger partial charge in [-0.3, -0.25) is 24.0 Å². The number of aromatic nitrogens is 3. The summed E-state index contributed by atoms with van der Waals surface area (Å²) < 4.78 is 4.08. The summed E-state index contributed by atoms with van der Waals surface area (Å²) in [7, 11) is 3.53. The second-order valence-electron chi connectivity index (χ2n) is 12.7. The second-order valence-corrected chi connectivity index (χ2v) is 12.7. The molecule has 238 valence electrons. The fourth-order valence-electron chi connectivity index (χ4n) is 7.00. The summed E-state index contributed by atoms with van der Waals surface area (Å²) in [6, 6.07) is 19.6. The summed E-state index contributed by atoms with van der Waals surface area (Å²) in [4.78, 5) is 42.7. The van der Waals surface area contributed by atoms with Gasteiger partial charge < -0.3 is 25.4 Å². The molecule has 11 heteroatoms. The molecule has 11 nitrogen and oxygen atoms in total. The van der Waals surface area contributed by atoms with Crippen LogP contribution in [0, 0.1) is 0 Å². The van der Waals surface area contributed by atoms with Crippen LogP contribution in [0.3, 0.4) is 0 Å². The number of carbonyl (C=O) groups is 3. The first-order chi connectivity index (χ1) is 22.3. The maximum atomic E-state index is 13.4. The number of nitrogens with zero attached hydrogens (tertiary/aromatic N) is 5. The lowest BCUT2D eigenvalue weighted by Gasteiger charge is -2.53. The zero-order valence-corrected chi connectivity index (χ0v) is 26.4. The Hall–Kier alpha value is -4.74. The van der Waals surface area contributed by atoms with Crippen molar-refractivity contribution in [1.29, 1.82) is 0 Å². The first-order valence-corrected chi connectivity index (χ1v) is 16.0. The maximum absolute atomic E-state index is 13.4. The highest BCUT2D eigenvalue weighted by Crippen LogP contribution is 2.49. The van der Waals surface area contributed by atoms with Crippen LogP contribution in [0.2, 0.25) is 0 Å². The molecule has 2 aliphatic heterocycles. The van der Waals surface area contributed by atoms with E-state index in [-0.39, 0.29) is 23.3 Å². The number of hydrogen-bond donors (Lipinski definition) is 3. The zero-order chi connectivity index (χ0) is 31.8. The van der Waals surface area contributed by atoms with Crippen LogP contribution >= 0.6 is 0 Å². The van der Waals surface area contributed by atoms with Gasteiger partial charge in [0.2, 0.25) is 0 Å². The molecule has 0 atom stereocenters. The van der Waals surface area contributed by atoms with Crippen LogP contribution in [0.5, 0.6) is 0 Å². The molecule has 2 aromatic carbocycles. The average molecular weight is 621 g/mol. The third-order valence-corrected chi connectivity index (χ3v) is 9.70. The molecule has 46 heavy (non-hydrogen) atoms. The van der Waals surface area contributed by atoms with Crippen molar-refractivity contribution in [2.75, 3.05) is 32.5 Å². The SMILES string of the molecule is CN(C)C(=O)c1ccc(CN2CCn3c(C(=O)NCc4ccc(NC(=O)c5cnn6c5CNCC6)cc4)ccc3C23CCC3)cc1. The normalized spacial score (nSPS) is 16.7. The van der Waals surface area contributed by atoms with Gasteiger partial charge >= 0.3 is 0 Å². The summed E-state index contributed by atoms with van der Waals surface area (Å²) in [5, 5.41) is 13.7. The van der Waals surface area contributed by atoms with E-state index >= 15 is 0 Å². The molecular formula is C35H40N8O3. The summed E-state index contributed by atoms with van der Waals surface area (Å²) in [6.07, 6.45) is 4.93. The van der Waals surface area contributed by atoms with E-state index in [0.29, 0.717) is 35.6 Å². The van der Waals surface area contributed by atoms with E-state index < -0.39 is 0 Å².